The third-order valence-electron chi connectivity index (χ3n) is 3.52. The van der Waals surface area contributed by atoms with Crippen molar-refractivity contribution in [2.75, 3.05) is 16.8 Å². The van der Waals surface area contributed by atoms with Gasteiger partial charge in [-0.2, -0.15) is 13.2 Å². The molecule has 0 atom stereocenters. The third-order valence-corrected chi connectivity index (χ3v) is 3.52. The molecule has 2 aromatic rings. The lowest BCUT2D eigenvalue weighted by Gasteiger charge is -2.27. The van der Waals surface area contributed by atoms with E-state index in [1.807, 2.05) is 6.07 Å². The van der Waals surface area contributed by atoms with Crippen molar-refractivity contribution in [1.82, 2.24) is 9.97 Å². The SMILES string of the molecule is O=C(Nc1ccc(C(F)(F)F)cn1)N1CCCc2cccnc21. The molecule has 5 nitrogen and oxygen atoms in total. The molecule has 0 saturated carbocycles. The van der Waals surface area contributed by atoms with E-state index in [0.717, 1.165) is 30.5 Å². The summed E-state index contributed by atoms with van der Waals surface area (Å²) in [5, 5.41) is 2.50. The normalized spacial score (nSPS) is 14.3. The first kappa shape index (κ1) is 15.3. The van der Waals surface area contributed by atoms with Gasteiger partial charge in [0.15, 0.2) is 0 Å². The number of anilines is 2. The monoisotopic (exact) mass is 322 g/mol. The largest absolute Gasteiger partial charge is 0.417 e. The Labute approximate surface area is 130 Å². The number of carbonyl (C=O) groups excluding carboxylic acids is 1. The van der Waals surface area contributed by atoms with E-state index >= 15 is 0 Å². The molecule has 120 valence electrons. The lowest BCUT2D eigenvalue weighted by Crippen LogP contribution is -2.39. The minimum Gasteiger partial charge on any atom is -0.292 e. The molecule has 0 bridgehead atoms. The minimum absolute atomic E-state index is 0.0612. The molecule has 0 saturated heterocycles. The van der Waals surface area contributed by atoms with Crippen LogP contribution in [0.25, 0.3) is 0 Å². The average molecular weight is 322 g/mol. The number of pyridine rings is 2. The molecule has 1 aliphatic rings. The number of aryl methyl sites for hydroxylation is 1. The highest BCUT2D eigenvalue weighted by molar-refractivity contribution is 6.01. The maximum atomic E-state index is 12.5. The van der Waals surface area contributed by atoms with Crippen LogP contribution in [0.15, 0.2) is 36.7 Å². The average Bonchev–Trinajstić information content (AvgIpc) is 2.54. The number of rotatable bonds is 1. The second-order valence-corrected chi connectivity index (χ2v) is 5.10. The molecule has 0 spiro atoms. The van der Waals surface area contributed by atoms with Gasteiger partial charge in [-0.05, 0) is 36.6 Å². The van der Waals surface area contributed by atoms with Gasteiger partial charge in [0, 0.05) is 18.9 Å². The fourth-order valence-electron chi connectivity index (χ4n) is 2.41. The summed E-state index contributed by atoms with van der Waals surface area (Å²) in [6.07, 6.45) is -0.526. The van der Waals surface area contributed by atoms with Crippen LogP contribution in [0.1, 0.15) is 17.5 Å². The van der Waals surface area contributed by atoms with Crippen molar-refractivity contribution < 1.29 is 18.0 Å². The maximum Gasteiger partial charge on any atom is 0.417 e. The van der Waals surface area contributed by atoms with E-state index < -0.39 is 17.8 Å². The van der Waals surface area contributed by atoms with Crippen LogP contribution in [-0.4, -0.2) is 22.5 Å². The van der Waals surface area contributed by atoms with Gasteiger partial charge in [0.25, 0.3) is 0 Å². The summed E-state index contributed by atoms with van der Waals surface area (Å²) in [5.41, 5.74) is 0.106. The Morgan fingerprint density at radius 2 is 2.04 bits per heavy atom. The van der Waals surface area contributed by atoms with Gasteiger partial charge in [0.2, 0.25) is 0 Å². The van der Waals surface area contributed by atoms with Gasteiger partial charge in [-0.1, -0.05) is 6.07 Å². The zero-order chi connectivity index (χ0) is 16.4. The predicted octanol–water partition coefficient (Wildman–Crippen LogP) is 3.48. The molecule has 1 N–H and O–H groups in total. The standard InChI is InChI=1S/C15H13F3N4O/c16-15(17,18)11-5-6-12(20-9-11)21-14(23)22-8-2-4-10-3-1-7-19-13(10)22/h1,3,5-7,9H,2,4,8H2,(H,20,21,23). The number of alkyl halides is 3. The van der Waals surface area contributed by atoms with Gasteiger partial charge in [0.1, 0.15) is 11.6 Å². The Balaban J connectivity index is 1.75. The van der Waals surface area contributed by atoms with Crippen molar-refractivity contribution in [3.8, 4) is 0 Å². The van der Waals surface area contributed by atoms with Crippen molar-refractivity contribution >= 4 is 17.7 Å². The van der Waals surface area contributed by atoms with Crippen LogP contribution in [0.3, 0.4) is 0 Å². The Kier molecular flexibility index (Phi) is 3.89. The molecule has 3 heterocycles. The van der Waals surface area contributed by atoms with Gasteiger partial charge in [-0.25, -0.2) is 14.8 Å². The highest BCUT2D eigenvalue weighted by atomic mass is 19.4. The number of nitrogens with one attached hydrogen (secondary N) is 1. The number of carbonyl (C=O) groups is 1. The van der Waals surface area contributed by atoms with Gasteiger partial charge in [-0.15, -0.1) is 0 Å². The van der Waals surface area contributed by atoms with Crippen LogP contribution in [0.2, 0.25) is 0 Å². The van der Waals surface area contributed by atoms with E-state index in [2.05, 4.69) is 15.3 Å². The van der Waals surface area contributed by atoms with Crippen LogP contribution in [0, 0.1) is 0 Å². The van der Waals surface area contributed by atoms with Crippen molar-refractivity contribution in [2.45, 2.75) is 19.0 Å². The topological polar surface area (TPSA) is 58.1 Å². The summed E-state index contributed by atoms with van der Waals surface area (Å²) >= 11 is 0. The molecule has 0 aliphatic carbocycles. The van der Waals surface area contributed by atoms with Crippen LogP contribution >= 0.6 is 0 Å². The van der Waals surface area contributed by atoms with Crippen LogP contribution in [0.4, 0.5) is 29.6 Å². The van der Waals surface area contributed by atoms with Gasteiger partial charge in [-0.3, -0.25) is 10.2 Å². The third kappa shape index (κ3) is 3.25. The second-order valence-electron chi connectivity index (χ2n) is 5.10. The lowest BCUT2D eigenvalue weighted by atomic mass is 10.1. The molecule has 2 aromatic heterocycles. The summed E-state index contributed by atoms with van der Waals surface area (Å²) in [6.45, 7) is 0.497. The van der Waals surface area contributed by atoms with Crippen LogP contribution in [0.5, 0.6) is 0 Å². The van der Waals surface area contributed by atoms with E-state index in [-0.39, 0.29) is 5.82 Å². The molecule has 0 aromatic carbocycles. The summed E-state index contributed by atoms with van der Waals surface area (Å²) < 4.78 is 37.5. The number of fused-ring (bicyclic) bond motifs is 1. The Bertz CT molecular complexity index is 715. The fraction of sp³-hybridized carbons (Fsp3) is 0.267. The highest BCUT2D eigenvalue weighted by Crippen LogP contribution is 2.29. The lowest BCUT2D eigenvalue weighted by molar-refractivity contribution is -0.137. The molecule has 3 rings (SSSR count). The fourth-order valence-corrected chi connectivity index (χ4v) is 2.41. The van der Waals surface area contributed by atoms with E-state index in [9.17, 15) is 18.0 Å². The Hall–Kier alpha value is -2.64. The number of aromatic nitrogens is 2. The van der Waals surface area contributed by atoms with Crippen LogP contribution < -0.4 is 10.2 Å². The molecule has 23 heavy (non-hydrogen) atoms. The zero-order valence-corrected chi connectivity index (χ0v) is 12.0. The molecule has 1 aliphatic heterocycles. The second kappa shape index (κ2) is 5.86. The van der Waals surface area contributed by atoms with Crippen molar-refractivity contribution in [3.05, 3.63) is 47.8 Å². The number of amides is 2. The van der Waals surface area contributed by atoms with Gasteiger partial charge >= 0.3 is 12.2 Å². The number of halogens is 3. The zero-order valence-electron chi connectivity index (χ0n) is 12.0. The summed E-state index contributed by atoms with van der Waals surface area (Å²) in [5.74, 6) is 0.634. The summed E-state index contributed by atoms with van der Waals surface area (Å²) in [6, 6.07) is 5.25. The Morgan fingerprint density at radius 3 is 2.74 bits per heavy atom. The summed E-state index contributed by atoms with van der Waals surface area (Å²) in [4.78, 5) is 21.6. The van der Waals surface area contributed by atoms with E-state index in [1.54, 1.807) is 12.3 Å². The summed E-state index contributed by atoms with van der Waals surface area (Å²) in [7, 11) is 0. The molecule has 0 fully saturated rings. The number of hydrogen-bond donors (Lipinski definition) is 1. The first-order chi connectivity index (χ1) is 10.9. The van der Waals surface area contributed by atoms with Crippen molar-refractivity contribution in [1.29, 1.82) is 0 Å². The van der Waals surface area contributed by atoms with Crippen LogP contribution in [-0.2, 0) is 12.6 Å². The minimum atomic E-state index is -4.45. The van der Waals surface area contributed by atoms with E-state index in [1.165, 1.54) is 4.90 Å². The number of nitrogens with zero attached hydrogens (tertiary/aromatic N) is 3. The van der Waals surface area contributed by atoms with E-state index in [0.29, 0.717) is 18.6 Å². The number of hydrogen-bond acceptors (Lipinski definition) is 3. The van der Waals surface area contributed by atoms with Crippen molar-refractivity contribution in [2.24, 2.45) is 0 Å². The maximum absolute atomic E-state index is 12.5. The molecular weight excluding hydrogens is 309 g/mol. The molecule has 2 amide bonds. The first-order valence-corrected chi connectivity index (χ1v) is 7.01. The predicted molar refractivity (Wildman–Crippen MR) is 78.2 cm³/mol. The van der Waals surface area contributed by atoms with Gasteiger partial charge in [0.05, 0.1) is 5.56 Å². The smallest absolute Gasteiger partial charge is 0.292 e. The van der Waals surface area contributed by atoms with Crippen molar-refractivity contribution in [3.63, 3.8) is 0 Å². The van der Waals surface area contributed by atoms with E-state index in [4.69, 9.17) is 0 Å². The first-order valence-electron chi connectivity index (χ1n) is 7.01. The quantitative estimate of drug-likeness (QED) is 0.874. The molecule has 0 radical (unpaired) electrons. The van der Waals surface area contributed by atoms with Gasteiger partial charge < -0.3 is 0 Å². The number of urea groups is 1. The molecule has 0 unspecified atom stereocenters. The molecule has 8 heteroatoms. The highest BCUT2D eigenvalue weighted by Gasteiger charge is 2.31. The Morgan fingerprint density at radius 1 is 1.22 bits per heavy atom. The molecular formula is C15H13F3N4O.